The predicted octanol–water partition coefficient (Wildman–Crippen LogP) is 3.73. The van der Waals surface area contributed by atoms with Gasteiger partial charge in [0.15, 0.2) is 0 Å². The van der Waals surface area contributed by atoms with Gasteiger partial charge in [-0.3, -0.25) is 5.43 Å². The van der Waals surface area contributed by atoms with Gasteiger partial charge in [0.05, 0.1) is 17.1 Å². The quantitative estimate of drug-likeness (QED) is 0.635. The van der Waals surface area contributed by atoms with Crippen molar-refractivity contribution in [2.45, 2.75) is 32.6 Å². The van der Waals surface area contributed by atoms with Crippen LogP contribution in [0.25, 0.3) is 0 Å². The van der Waals surface area contributed by atoms with Gasteiger partial charge in [-0.05, 0) is 61.9 Å². The van der Waals surface area contributed by atoms with Crippen molar-refractivity contribution in [3.8, 4) is 0 Å². The van der Waals surface area contributed by atoms with Gasteiger partial charge >= 0.3 is 0 Å². The molecule has 0 spiro atoms. The van der Waals surface area contributed by atoms with Gasteiger partial charge in [-0.25, -0.2) is 0 Å². The number of H-pyrrole nitrogens is 1. The maximum atomic E-state index is 4.48. The van der Waals surface area contributed by atoms with Gasteiger partial charge < -0.3 is 4.98 Å². The Labute approximate surface area is 113 Å². The number of fused-ring (bicyclic) bond motifs is 1. The zero-order valence-electron chi connectivity index (χ0n) is 11.2. The Balaban J connectivity index is 1.82. The second-order valence-electron chi connectivity index (χ2n) is 5.04. The monoisotopic (exact) mass is 253 g/mol. The second kappa shape index (κ2) is 5.31. The molecule has 0 saturated carbocycles. The molecule has 0 unspecified atom stereocenters. The Kier molecular flexibility index (Phi) is 3.36. The van der Waals surface area contributed by atoms with E-state index in [1.807, 2.05) is 25.3 Å². The summed E-state index contributed by atoms with van der Waals surface area (Å²) in [5, 5.41) is 4.48. The van der Waals surface area contributed by atoms with Crippen LogP contribution < -0.4 is 5.43 Å². The van der Waals surface area contributed by atoms with Crippen molar-refractivity contribution in [2.75, 3.05) is 5.43 Å². The molecule has 0 atom stereocenters. The summed E-state index contributed by atoms with van der Waals surface area (Å²) >= 11 is 0. The van der Waals surface area contributed by atoms with Crippen LogP contribution in [-0.4, -0.2) is 10.7 Å². The largest absolute Gasteiger partial charge is 0.360 e. The number of anilines is 1. The highest BCUT2D eigenvalue weighted by Crippen LogP contribution is 2.27. The summed E-state index contributed by atoms with van der Waals surface area (Å²) < 4.78 is 0. The first-order valence-corrected chi connectivity index (χ1v) is 6.89. The van der Waals surface area contributed by atoms with Crippen LogP contribution in [0, 0.1) is 0 Å². The number of aryl methyl sites for hydroxylation is 1. The van der Waals surface area contributed by atoms with Crippen molar-refractivity contribution in [2.24, 2.45) is 5.10 Å². The molecule has 0 aliphatic heterocycles. The van der Waals surface area contributed by atoms with Crippen LogP contribution in [0.15, 0.2) is 41.6 Å². The third-order valence-electron chi connectivity index (χ3n) is 3.73. The fourth-order valence-corrected chi connectivity index (χ4v) is 2.65. The molecule has 1 aromatic heterocycles. The summed E-state index contributed by atoms with van der Waals surface area (Å²) in [4.78, 5) is 3.16. The van der Waals surface area contributed by atoms with Gasteiger partial charge in [-0.15, -0.1) is 0 Å². The summed E-state index contributed by atoms with van der Waals surface area (Å²) in [6.45, 7) is 2.01. The summed E-state index contributed by atoms with van der Waals surface area (Å²) in [6, 6.07) is 10.5. The van der Waals surface area contributed by atoms with Gasteiger partial charge in [-0.1, -0.05) is 12.1 Å². The normalized spacial score (nSPS) is 15.1. The Morgan fingerprint density at radius 1 is 1.16 bits per heavy atom. The highest BCUT2D eigenvalue weighted by Gasteiger charge is 2.12. The molecule has 2 aromatic rings. The molecule has 19 heavy (non-hydrogen) atoms. The average molecular weight is 253 g/mol. The third-order valence-corrected chi connectivity index (χ3v) is 3.73. The molecule has 0 bridgehead atoms. The minimum Gasteiger partial charge on any atom is -0.360 e. The first-order valence-electron chi connectivity index (χ1n) is 6.89. The number of hydrogen-bond donors (Lipinski definition) is 2. The van der Waals surface area contributed by atoms with Crippen LogP contribution in [0.5, 0.6) is 0 Å². The third kappa shape index (κ3) is 2.55. The SMILES string of the molecule is C/C(=N\Nc1cccc2c1CCCC2)c1ccc[nH]1. The lowest BCUT2D eigenvalue weighted by molar-refractivity contribution is 0.686. The van der Waals surface area contributed by atoms with E-state index in [4.69, 9.17) is 0 Å². The maximum absolute atomic E-state index is 4.48. The molecule has 1 heterocycles. The molecule has 1 aromatic carbocycles. The van der Waals surface area contributed by atoms with Crippen molar-refractivity contribution in [1.82, 2.24) is 4.98 Å². The number of nitrogens with one attached hydrogen (secondary N) is 2. The molecule has 2 N–H and O–H groups in total. The molecular weight excluding hydrogens is 234 g/mol. The Hall–Kier alpha value is -2.03. The van der Waals surface area contributed by atoms with Crippen LogP contribution in [0.4, 0.5) is 5.69 Å². The molecular formula is C16H19N3. The molecule has 0 fully saturated rings. The first-order chi connectivity index (χ1) is 9.34. The molecule has 0 amide bonds. The molecule has 0 radical (unpaired) electrons. The molecule has 0 saturated heterocycles. The van der Waals surface area contributed by atoms with E-state index in [1.165, 1.54) is 30.4 Å². The zero-order chi connectivity index (χ0) is 13.1. The summed E-state index contributed by atoms with van der Waals surface area (Å²) in [5.74, 6) is 0. The van der Waals surface area contributed by atoms with Gasteiger partial charge in [0.2, 0.25) is 0 Å². The van der Waals surface area contributed by atoms with E-state index in [0.717, 1.165) is 23.5 Å². The van der Waals surface area contributed by atoms with Gasteiger partial charge in [-0.2, -0.15) is 5.10 Å². The van der Waals surface area contributed by atoms with E-state index in [0.29, 0.717) is 0 Å². The molecule has 3 heteroatoms. The second-order valence-corrected chi connectivity index (χ2v) is 5.04. The minimum absolute atomic E-state index is 0.971. The van der Waals surface area contributed by atoms with Crippen LogP contribution >= 0.6 is 0 Å². The van der Waals surface area contributed by atoms with Crippen LogP contribution in [0.1, 0.15) is 36.6 Å². The number of hydrogen-bond acceptors (Lipinski definition) is 2. The van der Waals surface area contributed by atoms with E-state index >= 15 is 0 Å². The van der Waals surface area contributed by atoms with Crippen molar-refractivity contribution in [3.63, 3.8) is 0 Å². The number of aromatic nitrogens is 1. The number of benzene rings is 1. The Morgan fingerprint density at radius 2 is 2.05 bits per heavy atom. The molecule has 1 aliphatic carbocycles. The number of nitrogens with zero attached hydrogens (tertiary/aromatic N) is 1. The lowest BCUT2D eigenvalue weighted by atomic mass is 9.91. The minimum atomic E-state index is 0.971. The van der Waals surface area contributed by atoms with E-state index in [2.05, 4.69) is 33.7 Å². The maximum Gasteiger partial charge on any atom is 0.0810 e. The molecule has 3 nitrogen and oxygen atoms in total. The fraction of sp³-hybridized carbons (Fsp3) is 0.312. The van der Waals surface area contributed by atoms with Crippen molar-refractivity contribution in [1.29, 1.82) is 0 Å². The van der Waals surface area contributed by atoms with Crippen molar-refractivity contribution in [3.05, 3.63) is 53.3 Å². The van der Waals surface area contributed by atoms with Gasteiger partial charge in [0, 0.05) is 6.20 Å². The lowest BCUT2D eigenvalue weighted by Crippen LogP contribution is -2.07. The van der Waals surface area contributed by atoms with E-state index in [1.54, 1.807) is 0 Å². The topological polar surface area (TPSA) is 40.2 Å². The number of aromatic amines is 1. The van der Waals surface area contributed by atoms with E-state index < -0.39 is 0 Å². The Morgan fingerprint density at radius 3 is 2.89 bits per heavy atom. The van der Waals surface area contributed by atoms with Gasteiger partial charge in [0.1, 0.15) is 0 Å². The fourth-order valence-electron chi connectivity index (χ4n) is 2.65. The smallest absolute Gasteiger partial charge is 0.0810 e. The number of hydrazone groups is 1. The predicted molar refractivity (Wildman–Crippen MR) is 79.7 cm³/mol. The highest BCUT2D eigenvalue weighted by atomic mass is 15.3. The standard InChI is InChI=1S/C16H19N3/c1-12(15-10-5-11-17-15)18-19-16-9-4-7-13-6-2-3-8-14(13)16/h4-5,7,9-11,17,19H,2-3,6,8H2,1H3/b18-12+. The molecule has 98 valence electrons. The molecule has 1 aliphatic rings. The molecule has 3 rings (SSSR count). The Bertz CT molecular complexity index is 582. The lowest BCUT2D eigenvalue weighted by Gasteiger charge is -2.18. The van der Waals surface area contributed by atoms with Crippen molar-refractivity contribution >= 4 is 11.4 Å². The van der Waals surface area contributed by atoms with E-state index in [-0.39, 0.29) is 0 Å². The van der Waals surface area contributed by atoms with Crippen LogP contribution in [0.3, 0.4) is 0 Å². The summed E-state index contributed by atoms with van der Waals surface area (Å²) in [6.07, 6.45) is 6.87. The zero-order valence-corrected chi connectivity index (χ0v) is 11.2. The van der Waals surface area contributed by atoms with Crippen LogP contribution in [-0.2, 0) is 12.8 Å². The van der Waals surface area contributed by atoms with Gasteiger partial charge in [0.25, 0.3) is 0 Å². The highest BCUT2D eigenvalue weighted by molar-refractivity contribution is 5.97. The average Bonchev–Trinajstić information content (AvgIpc) is 2.99. The summed E-state index contributed by atoms with van der Waals surface area (Å²) in [7, 11) is 0. The summed E-state index contributed by atoms with van der Waals surface area (Å²) in [5.41, 5.74) is 9.33. The number of rotatable bonds is 3. The first kappa shape index (κ1) is 12.0. The van der Waals surface area contributed by atoms with E-state index in [9.17, 15) is 0 Å². The van der Waals surface area contributed by atoms with Crippen LogP contribution in [0.2, 0.25) is 0 Å². The van der Waals surface area contributed by atoms with Crippen molar-refractivity contribution < 1.29 is 0 Å².